The largest absolute Gasteiger partial charge is 0.478 e. The number of hydrogen-bond donors (Lipinski definition) is 1. The Labute approximate surface area is 110 Å². The van der Waals surface area contributed by atoms with Crippen LogP contribution >= 0.6 is 0 Å². The molecule has 0 aliphatic rings. The predicted octanol–water partition coefficient (Wildman–Crippen LogP) is 3.08. The summed E-state index contributed by atoms with van der Waals surface area (Å²) in [6, 6.07) is 6.97. The molecule has 0 atom stereocenters. The van der Waals surface area contributed by atoms with Gasteiger partial charge in [-0.3, -0.25) is 4.79 Å². The topological polar surface area (TPSA) is 63.6 Å². The van der Waals surface area contributed by atoms with Gasteiger partial charge in [-0.25, -0.2) is 4.79 Å². The lowest BCUT2D eigenvalue weighted by Gasteiger charge is -2.11. The van der Waals surface area contributed by atoms with Gasteiger partial charge < -0.3 is 9.84 Å². The molecule has 1 N–H and O–H groups in total. The maximum Gasteiger partial charge on any atom is 0.336 e. The molecule has 0 spiro atoms. The second-order valence-electron chi connectivity index (χ2n) is 4.48. The molecule has 0 saturated heterocycles. The minimum atomic E-state index is -0.930. The van der Waals surface area contributed by atoms with Crippen LogP contribution in [0.2, 0.25) is 0 Å². The third-order valence-corrected chi connectivity index (χ3v) is 3.04. The van der Waals surface area contributed by atoms with E-state index in [1.54, 1.807) is 38.1 Å². The fraction of sp³-hybridized carbons (Fsp3) is 0.200. The van der Waals surface area contributed by atoms with Gasteiger partial charge in [0.1, 0.15) is 5.75 Å². The highest BCUT2D eigenvalue weighted by Crippen LogP contribution is 2.28. The van der Waals surface area contributed by atoms with Gasteiger partial charge in [0.2, 0.25) is 0 Å². The summed E-state index contributed by atoms with van der Waals surface area (Å²) in [6.45, 7) is 4.88. The van der Waals surface area contributed by atoms with Crippen LogP contribution in [-0.2, 0) is 4.79 Å². The van der Waals surface area contributed by atoms with Crippen LogP contribution in [0, 0.1) is 13.8 Å². The number of hydrogen-bond acceptors (Lipinski definition) is 3. The molecule has 0 aliphatic heterocycles. The van der Waals surface area contributed by atoms with Gasteiger partial charge >= 0.3 is 11.9 Å². The lowest BCUT2D eigenvalue weighted by atomic mass is 9.95. The third kappa shape index (κ3) is 2.42. The number of esters is 1. The first kappa shape index (κ1) is 13.1. The van der Waals surface area contributed by atoms with Crippen molar-refractivity contribution in [3.8, 4) is 5.75 Å². The van der Waals surface area contributed by atoms with Crippen LogP contribution in [0.15, 0.2) is 24.3 Å². The molecular weight excluding hydrogens is 244 g/mol. The molecule has 2 aromatic rings. The summed E-state index contributed by atoms with van der Waals surface area (Å²) in [5.74, 6) is -0.849. The van der Waals surface area contributed by atoms with E-state index < -0.39 is 5.97 Å². The van der Waals surface area contributed by atoms with Gasteiger partial charge in [-0.15, -0.1) is 0 Å². The summed E-state index contributed by atoms with van der Waals surface area (Å²) in [4.78, 5) is 22.2. The number of ether oxygens (including phenoxy) is 1. The van der Waals surface area contributed by atoms with Crippen molar-refractivity contribution in [3.05, 3.63) is 41.0 Å². The highest BCUT2D eigenvalue weighted by Gasteiger charge is 2.14. The second-order valence-corrected chi connectivity index (χ2v) is 4.48. The Morgan fingerprint density at radius 2 is 1.84 bits per heavy atom. The molecule has 0 bridgehead atoms. The molecule has 0 amide bonds. The fourth-order valence-electron chi connectivity index (χ4n) is 2.30. The zero-order valence-corrected chi connectivity index (χ0v) is 11.0. The smallest absolute Gasteiger partial charge is 0.336 e. The normalized spacial score (nSPS) is 10.5. The Morgan fingerprint density at radius 3 is 2.42 bits per heavy atom. The van der Waals surface area contributed by atoms with Gasteiger partial charge in [0.25, 0.3) is 0 Å². The van der Waals surface area contributed by atoms with Crippen molar-refractivity contribution in [1.29, 1.82) is 0 Å². The lowest BCUT2D eigenvalue weighted by molar-refractivity contribution is -0.131. The standard InChI is InChI=1S/C15H14O4/c1-8-6-11-7-12(19-10(3)16)4-5-13(11)9(2)14(8)15(17)18/h4-7H,1-3H3,(H,17,18). The summed E-state index contributed by atoms with van der Waals surface area (Å²) in [7, 11) is 0. The van der Waals surface area contributed by atoms with Crippen molar-refractivity contribution in [2.24, 2.45) is 0 Å². The molecule has 4 heteroatoms. The molecule has 2 rings (SSSR count). The van der Waals surface area contributed by atoms with Crippen molar-refractivity contribution in [1.82, 2.24) is 0 Å². The van der Waals surface area contributed by atoms with Crippen LogP contribution in [0.4, 0.5) is 0 Å². The van der Waals surface area contributed by atoms with E-state index in [1.807, 2.05) is 0 Å². The lowest BCUT2D eigenvalue weighted by Crippen LogP contribution is -2.04. The zero-order chi connectivity index (χ0) is 14.2. The molecule has 0 aromatic heterocycles. The number of carbonyl (C=O) groups excluding carboxylic acids is 1. The number of rotatable bonds is 2. The fourth-order valence-corrected chi connectivity index (χ4v) is 2.30. The van der Waals surface area contributed by atoms with Gasteiger partial charge in [0.05, 0.1) is 5.56 Å². The summed E-state index contributed by atoms with van der Waals surface area (Å²) in [6.07, 6.45) is 0. The maximum absolute atomic E-state index is 11.2. The van der Waals surface area contributed by atoms with Crippen molar-refractivity contribution >= 4 is 22.7 Å². The van der Waals surface area contributed by atoms with Crippen LogP contribution in [0.25, 0.3) is 10.8 Å². The first-order valence-electron chi connectivity index (χ1n) is 5.86. The SMILES string of the molecule is CC(=O)Oc1ccc2c(C)c(C(=O)O)c(C)cc2c1. The molecule has 0 fully saturated rings. The van der Waals surface area contributed by atoms with E-state index in [-0.39, 0.29) is 5.97 Å². The average Bonchev–Trinajstić information content (AvgIpc) is 2.26. The van der Waals surface area contributed by atoms with Crippen LogP contribution in [0.3, 0.4) is 0 Å². The second kappa shape index (κ2) is 4.72. The van der Waals surface area contributed by atoms with Crippen molar-refractivity contribution in [2.75, 3.05) is 0 Å². The van der Waals surface area contributed by atoms with Crippen LogP contribution in [-0.4, -0.2) is 17.0 Å². The third-order valence-electron chi connectivity index (χ3n) is 3.04. The van der Waals surface area contributed by atoms with Gasteiger partial charge in [-0.1, -0.05) is 12.1 Å². The first-order valence-corrected chi connectivity index (χ1v) is 5.86. The Bertz CT molecular complexity index is 686. The minimum absolute atomic E-state index is 0.327. The quantitative estimate of drug-likeness (QED) is 0.664. The predicted molar refractivity (Wildman–Crippen MR) is 71.7 cm³/mol. The molecule has 0 heterocycles. The Kier molecular flexibility index (Phi) is 3.25. The van der Waals surface area contributed by atoms with Crippen LogP contribution in [0.5, 0.6) is 5.75 Å². The number of benzene rings is 2. The monoisotopic (exact) mass is 258 g/mol. The highest BCUT2D eigenvalue weighted by molar-refractivity contribution is 5.99. The Hall–Kier alpha value is -2.36. The molecule has 4 nitrogen and oxygen atoms in total. The van der Waals surface area contributed by atoms with E-state index >= 15 is 0 Å². The van der Waals surface area contributed by atoms with E-state index in [9.17, 15) is 14.7 Å². The van der Waals surface area contributed by atoms with Gasteiger partial charge in [-0.05, 0) is 47.9 Å². The van der Waals surface area contributed by atoms with Gasteiger partial charge in [0.15, 0.2) is 0 Å². The highest BCUT2D eigenvalue weighted by atomic mass is 16.5. The maximum atomic E-state index is 11.2. The molecule has 0 aliphatic carbocycles. The molecule has 19 heavy (non-hydrogen) atoms. The van der Waals surface area contributed by atoms with E-state index in [1.165, 1.54) is 6.92 Å². The molecule has 0 saturated carbocycles. The number of aromatic carboxylic acids is 1. The van der Waals surface area contributed by atoms with E-state index in [4.69, 9.17) is 4.74 Å². The number of carboxylic acids is 1. The number of aryl methyl sites for hydroxylation is 2. The van der Waals surface area contributed by atoms with Crippen LogP contribution in [0.1, 0.15) is 28.4 Å². The summed E-state index contributed by atoms with van der Waals surface area (Å²) in [5.41, 5.74) is 1.74. The van der Waals surface area contributed by atoms with E-state index in [2.05, 4.69) is 0 Å². The van der Waals surface area contributed by atoms with E-state index in [0.29, 0.717) is 16.9 Å². The van der Waals surface area contributed by atoms with Crippen LogP contribution < -0.4 is 4.74 Å². The number of carbonyl (C=O) groups is 2. The Morgan fingerprint density at radius 1 is 1.16 bits per heavy atom. The zero-order valence-electron chi connectivity index (χ0n) is 11.0. The summed E-state index contributed by atoms with van der Waals surface area (Å²) in [5, 5.41) is 10.9. The van der Waals surface area contributed by atoms with Crippen molar-refractivity contribution < 1.29 is 19.4 Å². The van der Waals surface area contributed by atoms with Crippen molar-refractivity contribution in [3.63, 3.8) is 0 Å². The molecule has 2 aromatic carbocycles. The molecular formula is C15H14O4. The number of carboxylic acid groups (broad SMARTS) is 1. The summed E-state index contributed by atoms with van der Waals surface area (Å²) >= 11 is 0. The van der Waals surface area contributed by atoms with Crippen molar-refractivity contribution in [2.45, 2.75) is 20.8 Å². The number of fused-ring (bicyclic) bond motifs is 1. The Balaban J connectivity index is 2.67. The minimum Gasteiger partial charge on any atom is -0.478 e. The molecule has 98 valence electrons. The first-order chi connectivity index (χ1) is 8.90. The molecule has 0 unspecified atom stereocenters. The van der Waals surface area contributed by atoms with Gasteiger partial charge in [-0.2, -0.15) is 0 Å². The molecule has 0 radical (unpaired) electrons. The average molecular weight is 258 g/mol. The summed E-state index contributed by atoms with van der Waals surface area (Å²) < 4.78 is 5.02. The van der Waals surface area contributed by atoms with Gasteiger partial charge in [0, 0.05) is 6.92 Å². The van der Waals surface area contributed by atoms with E-state index in [0.717, 1.165) is 16.3 Å².